The van der Waals surface area contributed by atoms with E-state index in [1.165, 1.54) is 18.3 Å². The lowest BCUT2D eigenvalue weighted by molar-refractivity contribution is 0.240. The molecule has 0 spiro atoms. The smallest absolute Gasteiger partial charge is 0.113 e. The van der Waals surface area contributed by atoms with Crippen molar-refractivity contribution in [2.45, 2.75) is 33.6 Å². The summed E-state index contributed by atoms with van der Waals surface area (Å²) >= 11 is 0. The van der Waals surface area contributed by atoms with E-state index < -0.39 is 0 Å². The lowest BCUT2D eigenvalue weighted by atomic mass is 10.0. The Morgan fingerprint density at radius 2 is 2.19 bits per heavy atom. The van der Waals surface area contributed by atoms with Gasteiger partial charge in [-0.1, -0.05) is 26.0 Å². The third-order valence-electron chi connectivity index (χ3n) is 2.53. The minimum absolute atomic E-state index is 0.733. The van der Waals surface area contributed by atoms with E-state index in [1.807, 2.05) is 18.5 Å². The molecule has 1 aromatic rings. The Morgan fingerprint density at radius 1 is 1.44 bits per heavy atom. The highest BCUT2D eigenvalue weighted by atomic mass is 16.5. The SMILES string of the molecule is Cc1cc(CCC(C)C)ccc1N=CNO. The molecule has 0 aromatic heterocycles. The van der Waals surface area contributed by atoms with Crippen LogP contribution < -0.4 is 5.48 Å². The van der Waals surface area contributed by atoms with Gasteiger partial charge in [0, 0.05) is 0 Å². The molecule has 0 saturated carbocycles. The molecule has 2 N–H and O–H groups in total. The summed E-state index contributed by atoms with van der Waals surface area (Å²) in [5.74, 6) is 0.733. The molecule has 0 aliphatic rings. The molecule has 0 heterocycles. The normalized spacial score (nSPS) is 11.3. The third kappa shape index (κ3) is 4.03. The van der Waals surface area contributed by atoms with Crippen molar-refractivity contribution < 1.29 is 5.21 Å². The molecule has 1 rings (SSSR count). The predicted octanol–water partition coefficient (Wildman–Crippen LogP) is 3.22. The number of nitrogens with one attached hydrogen (secondary N) is 1. The van der Waals surface area contributed by atoms with Crippen LogP contribution in [0.15, 0.2) is 23.2 Å². The Balaban J connectivity index is 2.70. The summed E-state index contributed by atoms with van der Waals surface area (Å²) in [6, 6.07) is 6.24. The van der Waals surface area contributed by atoms with Gasteiger partial charge in [0.1, 0.15) is 6.34 Å². The Kier molecular flexibility index (Phi) is 4.99. The van der Waals surface area contributed by atoms with E-state index in [1.54, 1.807) is 0 Å². The van der Waals surface area contributed by atoms with Crippen LogP contribution in [0.4, 0.5) is 5.69 Å². The van der Waals surface area contributed by atoms with Gasteiger partial charge >= 0.3 is 0 Å². The van der Waals surface area contributed by atoms with E-state index >= 15 is 0 Å². The van der Waals surface area contributed by atoms with Crippen LogP contribution in [0, 0.1) is 12.8 Å². The first kappa shape index (κ1) is 12.7. The highest BCUT2D eigenvalue weighted by molar-refractivity contribution is 5.61. The van der Waals surface area contributed by atoms with Crippen molar-refractivity contribution >= 4 is 12.0 Å². The number of rotatable bonds is 5. The summed E-state index contributed by atoms with van der Waals surface area (Å²) in [5.41, 5.74) is 5.27. The monoisotopic (exact) mass is 220 g/mol. The largest absolute Gasteiger partial charge is 0.290 e. The van der Waals surface area contributed by atoms with E-state index in [9.17, 15) is 0 Å². The summed E-state index contributed by atoms with van der Waals surface area (Å²) in [6.07, 6.45) is 3.59. The standard InChI is InChI=1S/C13H20N2O/c1-10(2)4-5-12-6-7-13(11(3)8-12)14-9-15-16/h6-10,16H,4-5H2,1-3H3,(H,14,15). The van der Waals surface area contributed by atoms with E-state index in [4.69, 9.17) is 5.21 Å². The molecule has 0 saturated heterocycles. The van der Waals surface area contributed by atoms with Crippen LogP contribution in [-0.2, 0) is 6.42 Å². The second-order valence-corrected chi connectivity index (χ2v) is 4.44. The Hall–Kier alpha value is -1.35. The maximum absolute atomic E-state index is 8.42. The predicted molar refractivity (Wildman–Crippen MR) is 67.4 cm³/mol. The maximum Gasteiger partial charge on any atom is 0.113 e. The molecule has 3 heteroatoms. The van der Waals surface area contributed by atoms with Crippen molar-refractivity contribution in [2.75, 3.05) is 0 Å². The topological polar surface area (TPSA) is 44.6 Å². The lowest BCUT2D eigenvalue weighted by Gasteiger charge is -2.07. The first-order valence-electron chi connectivity index (χ1n) is 5.65. The molecule has 0 aliphatic heterocycles. The van der Waals surface area contributed by atoms with Gasteiger partial charge in [-0.3, -0.25) is 10.7 Å². The Morgan fingerprint density at radius 3 is 2.75 bits per heavy atom. The molecule has 0 bridgehead atoms. The Bertz CT molecular complexity index is 359. The van der Waals surface area contributed by atoms with Gasteiger partial charge in [0.05, 0.1) is 5.69 Å². The van der Waals surface area contributed by atoms with Crippen LogP contribution >= 0.6 is 0 Å². The third-order valence-corrected chi connectivity index (χ3v) is 2.53. The zero-order valence-corrected chi connectivity index (χ0v) is 10.2. The van der Waals surface area contributed by atoms with Crippen LogP contribution in [0.1, 0.15) is 31.4 Å². The first-order valence-corrected chi connectivity index (χ1v) is 5.65. The van der Waals surface area contributed by atoms with Gasteiger partial charge in [-0.15, -0.1) is 0 Å². The van der Waals surface area contributed by atoms with Crippen molar-refractivity contribution in [3.63, 3.8) is 0 Å². The quantitative estimate of drug-likeness (QED) is 0.454. The summed E-state index contributed by atoms with van der Waals surface area (Å²) in [7, 11) is 0. The van der Waals surface area contributed by atoms with Crippen LogP contribution in [0.2, 0.25) is 0 Å². The number of hydrogen-bond acceptors (Lipinski definition) is 2. The van der Waals surface area contributed by atoms with E-state index in [0.717, 1.165) is 23.6 Å². The molecule has 16 heavy (non-hydrogen) atoms. The van der Waals surface area contributed by atoms with Crippen LogP contribution in [0.25, 0.3) is 0 Å². The Labute approximate surface area is 97.2 Å². The van der Waals surface area contributed by atoms with Crippen molar-refractivity contribution in [1.29, 1.82) is 0 Å². The van der Waals surface area contributed by atoms with Crippen molar-refractivity contribution in [3.05, 3.63) is 29.3 Å². The van der Waals surface area contributed by atoms with E-state index in [2.05, 4.69) is 31.0 Å². The van der Waals surface area contributed by atoms with Crippen LogP contribution in [0.5, 0.6) is 0 Å². The van der Waals surface area contributed by atoms with E-state index in [0.29, 0.717) is 0 Å². The molecular weight excluding hydrogens is 200 g/mol. The number of aliphatic imine (C=N–C) groups is 1. The molecule has 88 valence electrons. The number of hydrogen-bond donors (Lipinski definition) is 2. The molecular formula is C13H20N2O. The summed E-state index contributed by atoms with van der Waals surface area (Å²) in [5, 5.41) is 8.42. The molecule has 0 aliphatic carbocycles. The summed E-state index contributed by atoms with van der Waals surface area (Å²) < 4.78 is 0. The zero-order chi connectivity index (χ0) is 12.0. The molecule has 0 unspecified atom stereocenters. The lowest BCUT2D eigenvalue weighted by Crippen LogP contribution is -2.01. The number of nitrogens with zero attached hydrogens (tertiary/aromatic N) is 1. The average molecular weight is 220 g/mol. The van der Waals surface area contributed by atoms with Gasteiger partial charge < -0.3 is 0 Å². The fraction of sp³-hybridized carbons (Fsp3) is 0.462. The highest BCUT2D eigenvalue weighted by Gasteiger charge is 2.00. The van der Waals surface area contributed by atoms with Crippen molar-refractivity contribution in [1.82, 2.24) is 5.48 Å². The first-order chi connectivity index (χ1) is 7.63. The van der Waals surface area contributed by atoms with Gasteiger partial charge in [0.2, 0.25) is 0 Å². The molecule has 0 amide bonds. The van der Waals surface area contributed by atoms with Gasteiger partial charge in [-0.25, -0.2) is 4.99 Å². The van der Waals surface area contributed by atoms with Gasteiger partial charge in [-0.2, -0.15) is 0 Å². The fourth-order valence-corrected chi connectivity index (χ4v) is 1.57. The van der Waals surface area contributed by atoms with Gasteiger partial charge in [-0.05, 0) is 42.9 Å². The molecule has 3 nitrogen and oxygen atoms in total. The number of benzene rings is 1. The fourth-order valence-electron chi connectivity index (χ4n) is 1.57. The molecule has 0 radical (unpaired) electrons. The number of aryl methyl sites for hydroxylation is 2. The van der Waals surface area contributed by atoms with E-state index in [-0.39, 0.29) is 0 Å². The van der Waals surface area contributed by atoms with Crippen molar-refractivity contribution in [2.24, 2.45) is 10.9 Å². The van der Waals surface area contributed by atoms with Gasteiger partial charge in [0.15, 0.2) is 0 Å². The minimum Gasteiger partial charge on any atom is -0.290 e. The minimum atomic E-state index is 0.733. The zero-order valence-electron chi connectivity index (χ0n) is 10.2. The molecule has 0 fully saturated rings. The van der Waals surface area contributed by atoms with Crippen LogP contribution in [0.3, 0.4) is 0 Å². The average Bonchev–Trinajstić information content (AvgIpc) is 2.25. The highest BCUT2D eigenvalue weighted by Crippen LogP contribution is 2.20. The van der Waals surface area contributed by atoms with Crippen molar-refractivity contribution in [3.8, 4) is 0 Å². The summed E-state index contributed by atoms with van der Waals surface area (Å²) in [6.45, 7) is 6.50. The van der Waals surface area contributed by atoms with Gasteiger partial charge in [0.25, 0.3) is 0 Å². The second kappa shape index (κ2) is 6.28. The molecule has 1 aromatic carbocycles. The second-order valence-electron chi connectivity index (χ2n) is 4.44. The number of hydroxylamine groups is 1. The van der Waals surface area contributed by atoms with Crippen LogP contribution in [-0.4, -0.2) is 11.5 Å². The molecule has 0 atom stereocenters. The maximum atomic E-state index is 8.42. The summed E-state index contributed by atoms with van der Waals surface area (Å²) in [4.78, 5) is 4.07.